The summed E-state index contributed by atoms with van der Waals surface area (Å²) in [6.45, 7) is 5.20. The summed E-state index contributed by atoms with van der Waals surface area (Å²) in [7, 11) is 0. The molecule has 1 heterocycles. The largest absolute Gasteiger partial charge is 0.339 e. The monoisotopic (exact) mass is 292 g/mol. The average molecular weight is 292 g/mol. The minimum Gasteiger partial charge on any atom is -0.339 e. The molecule has 0 aromatic rings. The predicted octanol–water partition coefficient (Wildman–Crippen LogP) is 3.34. The second-order valence-corrected chi connectivity index (χ2v) is 7.65. The van der Waals surface area contributed by atoms with Crippen LogP contribution in [0.25, 0.3) is 0 Å². The van der Waals surface area contributed by atoms with E-state index in [1.165, 1.54) is 44.9 Å². The summed E-state index contributed by atoms with van der Waals surface area (Å²) in [5, 5.41) is 3.45. The van der Waals surface area contributed by atoms with E-state index in [1.807, 2.05) is 0 Å². The second kappa shape index (κ2) is 6.68. The minimum atomic E-state index is -0.0774. The molecule has 3 heteroatoms. The van der Waals surface area contributed by atoms with Gasteiger partial charge >= 0.3 is 0 Å². The molecule has 0 spiro atoms. The van der Waals surface area contributed by atoms with Gasteiger partial charge in [-0.2, -0.15) is 0 Å². The van der Waals surface area contributed by atoms with Crippen LogP contribution < -0.4 is 5.32 Å². The van der Waals surface area contributed by atoms with Crippen molar-refractivity contribution in [3.63, 3.8) is 0 Å². The standard InChI is InChI=1S/C18H32N2O/c1-2-10-18(11-12-19-14-18)17(21)20(16-8-9-16)13-15-6-4-3-5-7-15/h15-16,19H,2-14H2,1H3. The van der Waals surface area contributed by atoms with Gasteiger partial charge in [-0.1, -0.05) is 32.6 Å². The van der Waals surface area contributed by atoms with E-state index in [0.29, 0.717) is 11.9 Å². The van der Waals surface area contributed by atoms with Crippen LogP contribution in [-0.4, -0.2) is 36.5 Å². The Morgan fingerprint density at radius 1 is 1.19 bits per heavy atom. The summed E-state index contributed by atoms with van der Waals surface area (Å²) < 4.78 is 0. The van der Waals surface area contributed by atoms with Crippen molar-refractivity contribution < 1.29 is 4.79 Å². The molecule has 2 aliphatic carbocycles. The van der Waals surface area contributed by atoms with Gasteiger partial charge in [0.25, 0.3) is 0 Å². The summed E-state index contributed by atoms with van der Waals surface area (Å²) in [6.07, 6.45) is 12.6. The first-order chi connectivity index (χ1) is 10.2. The molecule has 3 rings (SSSR count). The number of hydrogen-bond acceptors (Lipinski definition) is 2. The van der Waals surface area contributed by atoms with Crippen LogP contribution in [-0.2, 0) is 4.79 Å². The molecule has 3 aliphatic rings. The van der Waals surface area contributed by atoms with Gasteiger partial charge in [-0.05, 0) is 51.0 Å². The van der Waals surface area contributed by atoms with Crippen LogP contribution in [0.4, 0.5) is 0 Å². The van der Waals surface area contributed by atoms with Gasteiger partial charge in [0.05, 0.1) is 5.41 Å². The molecule has 0 aromatic carbocycles. The molecule has 1 atom stereocenters. The van der Waals surface area contributed by atoms with E-state index in [1.54, 1.807) is 0 Å². The van der Waals surface area contributed by atoms with Crippen LogP contribution in [0.2, 0.25) is 0 Å². The maximum absolute atomic E-state index is 13.3. The van der Waals surface area contributed by atoms with Gasteiger partial charge in [0.1, 0.15) is 0 Å². The van der Waals surface area contributed by atoms with Crippen molar-refractivity contribution in [2.24, 2.45) is 11.3 Å². The van der Waals surface area contributed by atoms with Gasteiger partial charge in [0, 0.05) is 19.1 Å². The highest BCUT2D eigenvalue weighted by Crippen LogP contribution is 2.39. The van der Waals surface area contributed by atoms with Crippen molar-refractivity contribution in [1.29, 1.82) is 0 Å². The molecule has 0 bridgehead atoms. The Bertz CT molecular complexity index is 352. The summed E-state index contributed by atoms with van der Waals surface area (Å²) in [5.41, 5.74) is -0.0774. The molecule has 0 aromatic heterocycles. The van der Waals surface area contributed by atoms with Crippen LogP contribution in [0.3, 0.4) is 0 Å². The van der Waals surface area contributed by atoms with Gasteiger partial charge in [-0.3, -0.25) is 4.79 Å². The molecule has 1 amide bonds. The zero-order valence-electron chi connectivity index (χ0n) is 13.7. The lowest BCUT2D eigenvalue weighted by Crippen LogP contribution is -2.48. The molecule has 1 aliphatic heterocycles. The van der Waals surface area contributed by atoms with Crippen molar-refractivity contribution in [2.75, 3.05) is 19.6 Å². The Morgan fingerprint density at radius 3 is 2.52 bits per heavy atom. The number of carbonyl (C=O) groups is 1. The molecule has 1 unspecified atom stereocenters. The van der Waals surface area contributed by atoms with E-state index < -0.39 is 0 Å². The lowest BCUT2D eigenvalue weighted by atomic mass is 9.80. The quantitative estimate of drug-likeness (QED) is 0.814. The van der Waals surface area contributed by atoms with E-state index >= 15 is 0 Å². The number of rotatable bonds is 6. The third-order valence-electron chi connectivity index (χ3n) is 5.85. The molecule has 21 heavy (non-hydrogen) atoms. The average Bonchev–Trinajstić information content (AvgIpc) is 3.24. The van der Waals surface area contributed by atoms with E-state index in [0.717, 1.165) is 44.8 Å². The first-order valence-electron chi connectivity index (χ1n) is 9.27. The Morgan fingerprint density at radius 2 is 1.95 bits per heavy atom. The molecule has 120 valence electrons. The smallest absolute Gasteiger partial charge is 0.230 e. The van der Waals surface area contributed by atoms with Crippen LogP contribution in [0.5, 0.6) is 0 Å². The maximum Gasteiger partial charge on any atom is 0.230 e. The molecule has 2 saturated carbocycles. The Kier molecular flexibility index (Phi) is 4.88. The minimum absolute atomic E-state index is 0.0774. The maximum atomic E-state index is 13.3. The number of nitrogens with zero attached hydrogens (tertiary/aromatic N) is 1. The third-order valence-corrected chi connectivity index (χ3v) is 5.85. The number of nitrogens with one attached hydrogen (secondary N) is 1. The van der Waals surface area contributed by atoms with Gasteiger partial charge in [-0.15, -0.1) is 0 Å². The molecular weight excluding hydrogens is 260 g/mol. The third kappa shape index (κ3) is 3.44. The van der Waals surface area contributed by atoms with Gasteiger partial charge in [-0.25, -0.2) is 0 Å². The zero-order chi connectivity index (χ0) is 14.7. The molecule has 0 radical (unpaired) electrons. The van der Waals surface area contributed by atoms with Crippen LogP contribution in [0, 0.1) is 11.3 Å². The summed E-state index contributed by atoms with van der Waals surface area (Å²) >= 11 is 0. The number of hydrogen-bond donors (Lipinski definition) is 1. The van der Waals surface area contributed by atoms with Crippen LogP contribution in [0.15, 0.2) is 0 Å². The lowest BCUT2D eigenvalue weighted by molar-refractivity contribution is -0.143. The highest BCUT2D eigenvalue weighted by atomic mass is 16.2. The SMILES string of the molecule is CCCC1(C(=O)N(CC2CCCCC2)C2CC2)CCNC1. The van der Waals surface area contributed by atoms with Gasteiger partial charge in [0.2, 0.25) is 5.91 Å². The molecule has 1 saturated heterocycles. The summed E-state index contributed by atoms with van der Waals surface area (Å²) in [4.78, 5) is 15.6. The first-order valence-corrected chi connectivity index (χ1v) is 9.27. The van der Waals surface area contributed by atoms with Crippen molar-refractivity contribution >= 4 is 5.91 Å². The van der Waals surface area contributed by atoms with E-state index in [2.05, 4.69) is 17.1 Å². The lowest BCUT2D eigenvalue weighted by Gasteiger charge is -2.37. The highest BCUT2D eigenvalue weighted by molar-refractivity contribution is 5.84. The molecule has 3 nitrogen and oxygen atoms in total. The summed E-state index contributed by atoms with van der Waals surface area (Å²) in [5.74, 6) is 1.26. The van der Waals surface area contributed by atoms with Crippen molar-refractivity contribution in [2.45, 2.75) is 77.2 Å². The molecule has 3 fully saturated rings. The van der Waals surface area contributed by atoms with Crippen LogP contribution in [0.1, 0.15) is 71.1 Å². The number of carbonyl (C=O) groups excluding carboxylic acids is 1. The normalized spacial score (nSPS) is 30.5. The summed E-state index contributed by atoms with van der Waals surface area (Å²) in [6, 6.07) is 0.578. The molecule has 1 N–H and O–H groups in total. The van der Waals surface area contributed by atoms with E-state index in [-0.39, 0.29) is 5.41 Å². The predicted molar refractivity (Wildman–Crippen MR) is 86.1 cm³/mol. The Labute approximate surface area is 129 Å². The Hall–Kier alpha value is -0.570. The first kappa shape index (κ1) is 15.3. The fourth-order valence-electron chi connectivity index (χ4n) is 4.46. The van der Waals surface area contributed by atoms with Crippen molar-refractivity contribution in [1.82, 2.24) is 10.2 Å². The number of amides is 1. The van der Waals surface area contributed by atoms with Crippen molar-refractivity contribution in [3.05, 3.63) is 0 Å². The topological polar surface area (TPSA) is 32.3 Å². The zero-order valence-corrected chi connectivity index (χ0v) is 13.7. The highest BCUT2D eigenvalue weighted by Gasteiger charge is 2.46. The Balaban J connectivity index is 1.68. The van der Waals surface area contributed by atoms with Crippen LogP contribution >= 0.6 is 0 Å². The fraction of sp³-hybridized carbons (Fsp3) is 0.944. The molecular formula is C18H32N2O. The van der Waals surface area contributed by atoms with Gasteiger partial charge in [0.15, 0.2) is 0 Å². The van der Waals surface area contributed by atoms with Crippen molar-refractivity contribution in [3.8, 4) is 0 Å². The second-order valence-electron chi connectivity index (χ2n) is 7.65. The van der Waals surface area contributed by atoms with E-state index in [9.17, 15) is 4.79 Å². The van der Waals surface area contributed by atoms with Gasteiger partial charge < -0.3 is 10.2 Å². The van der Waals surface area contributed by atoms with E-state index in [4.69, 9.17) is 0 Å². The fourth-order valence-corrected chi connectivity index (χ4v) is 4.46.